The third kappa shape index (κ3) is 2.87. The highest BCUT2D eigenvalue weighted by Crippen LogP contribution is 2.37. The van der Waals surface area contributed by atoms with Gasteiger partial charge in [-0.2, -0.15) is 0 Å². The fourth-order valence-corrected chi connectivity index (χ4v) is 5.32. The Morgan fingerprint density at radius 2 is 1.96 bits per heavy atom. The molecule has 2 aliphatic rings. The van der Waals surface area contributed by atoms with Gasteiger partial charge in [-0.1, -0.05) is 44.2 Å². The molecule has 2 atom stereocenters. The Balaban J connectivity index is 1.60. The average Bonchev–Trinajstić information content (AvgIpc) is 3.27. The van der Waals surface area contributed by atoms with Crippen LogP contribution in [0.3, 0.4) is 0 Å². The Bertz CT molecular complexity index is 850. The molecular formula is C21H25N3O2S. The molecule has 6 heteroatoms. The predicted octanol–water partition coefficient (Wildman–Crippen LogP) is 3.87. The number of hydrogen-bond donors (Lipinski definition) is 1. The van der Waals surface area contributed by atoms with E-state index in [1.54, 1.807) is 11.3 Å². The molecule has 0 spiro atoms. The molecule has 0 radical (unpaired) electrons. The first-order valence-electron chi connectivity index (χ1n) is 9.60. The van der Waals surface area contributed by atoms with Gasteiger partial charge in [-0.25, -0.2) is 9.69 Å². The molecule has 1 N–H and O–H groups in total. The minimum Gasteiger partial charge on any atom is -0.319 e. The van der Waals surface area contributed by atoms with Gasteiger partial charge >= 0.3 is 6.03 Å². The Hall–Kier alpha value is -2.18. The van der Waals surface area contributed by atoms with E-state index in [9.17, 15) is 9.59 Å². The van der Waals surface area contributed by atoms with E-state index in [0.29, 0.717) is 13.1 Å². The van der Waals surface area contributed by atoms with Crippen LogP contribution in [0.15, 0.2) is 41.8 Å². The maximum atomic E-state index is 13.4. The number of fused-ring (bicyclic) bond motifs is 1. The normalized spacial score (nSPS) is 25.6. The molecule has 1 aromatic carbocycles. The van der Waals surface area contributed by atoms with E-state index in [0.717, 1.165) is 24.9 Å². The maximum Gasteiger partial charge on any atom is 0.326 e. The quantitative estimate of drug-likeness (QED) is 0.798. The first kappa shape index (κ1) is 18.2. The number of urea groups is 1. The largest absolute Gasteiger partial charge is 0.326 e. The van der Waals surface area contributed by atoms with Crippen LogP contribution in [-0.4, -0.2) is 35.0 Å². The Kier molecular flexibility index (Phi) is 4.78. The lowest BCUT2D eigenvalue weighted by Gasteiger charge is -2.37. The van der Waals surface area contributed by atoms with Gasteiger partial charge in [0.1, 0.15) is 5.54 Å². The van der Waals surface area contributed by atoms with Gasteiger partial charge in [0.25, 0.3) is 5.91 Å². The number of amides is 3. The van der Waals surface area contributed by atoms with Crippen LogP contribution in [0.1, 0.15) is 48.7 Å². The third-order valence-corrected chi connectivity index (χ3v) is 6.88. The number of hydrogen-bond acceptors (Lipinski definition) is 4. The number of carbonyl (C=O) groups is 2. The average molecular weight is 384 g/mol. The van der Waals surface area contributed by atoms with Crippen LogP contribution in [0.2, 0.25) is 0 Å². The van der Waals surface area contributed by atoms with Gasteiger partial charge < -0.3 is 5.32 Å². The van der Waals surface area contributed by atoms with Gasteiger partial charge in [0.05, 0.1) is 6.67 Å². The number of benzene rings is 1. The molecule has 3 amide bonds. The minimum atomic E-state index is -0.955. The number of nitrogens with zero attached hydrogens (tertiary/aromatic N) is 2. The summed E-state index contributed by atoms with van der Waals surface area (Å²) < 4.78 is 0. The summed E-state index contributed by atoms with van der Waals surface area (Å²) in [4.78, 5) is 31.2. The van der Waals surface area contributed by atoms with Gasteiger partial charge in [0.15, 0.2) is 0 Å². The summed E-state index contributed by atoms with van der Waals surface area (Å²) in [6.07, 6.45) is 2.47. The molecule has 4 rings (SSSR count). The highest BCUT2D eigenvalue weighted by atomic mass is 32.1. The number of thiophene rings is 1. The summed E-state index contributed by atoms with van der Waals surface area (Å²) >= 11 is 1.80. The van der Waals surface area contributed by atoms with Crippen molar-refractivity contribution >= 4 is 23.3 Å². The molecule has 2 aliphatic heterocycles. The highest BCUT2D eigenvalue weighted by molar-refractivity contribution is 7.10. The SMILES string of the molecule is CC[C@H]1c2ccsc2CCN1CN1C(=O)N[C@](CC)(c2ccccc2)C1=O. The van der Waals surface area contributed by atoms with Crippen LogP contribution in [-0.2, 0) is 16.8 Å². The molecule has 27 heavy (non-hydrogen) atoms. The second-order valence-electron chi connectivity index (χ2n) is 7.22. The van der Waals surface area contributed by atoms with E-state index in [4.69, 9.17) is 0 Å². The summed E-state index contributed by atoms with van der Waals surface area (Å²) in [5.41, 5.74) is 1.24. The molecule has 5 nitrogen and oxygen atoms in total. The summed E-state index contributed by atoms with van der Waals surface area (Å²) in [5, 5.41) is 5.12. The van der Waals surface area contributed by atoms with Crippen molar-refractivity contribution in [3.05, 3.63) is 57.8 Å². The van der Waals surface area contributed by atoms with Crippen LogP contribution in [0.4, 0.5) is 4.79 Å². The highest BCUT2D eigenvalue weighted by Gasteiger charge is 2.51. The first-order valence-corrected chi connectivity index (χ1v) is 10.5. The Labute approximate surface area is 164 Å². The van der Waals surface area contributed by atoms with E-state index >= 15 is 0 Å². The molecular weight excluding hydrogens is 358 g/mol. The van der Waals surface area contributed by atoms with Crippen molar-refractivity contribution < 1.29 is 9.59 Å². The van der Waals surface area contributed by atoms with Crippen molar-refractivity contribution in [3.8, 4) is 0 Å². The molecule has 1 saturated heterocycles. The lowest BCUT2D eigenvalue weighted by atomic mass is 9.87. The van der Waals surface area contributed by atoms with Crippen LogP contribution >= 0.6 is 11.3 Å². The molecule has 3 heterocycles. The lowest BCUT2D eigenvalue weighted by Crippen LogP contribution is -2.47. The lowest BCUT2D eigenvalue weighted by molar-refractivity contribution is -0.133. The zero-order chi connectivity index (χ0) is 19.0. The van der Waals surface area contributed by atoms with E-state index in [1.165, 1.54) is 15.3 Å². The molecule has 0 bridgehead atoms. The number of nitrogens with one attached hydrogen (secondary N) is 1. The zero-order valence-corrected chi connectivity index (χ0v) is 16.6. The molecule has 1 fully saturated rings. The van der Waals surface area contributed by atoms with E-state index in [-0.39, 0.29) is 18.0 Å². The standard InChI is InChI=1S/C21H25N3O2S/c1-3-17-16-11-13-27-18(16)10-12-23(17)14-24-19(25)21(4-2,22-20(24)26)15-8-6-5-7-9-15/h5-9,11,13,17H,3-4,10,12,14H2,1-2H3,(H,22,26)/t17-,21+/m0/s1. The first-order chi connectivity index (χ1) is 13.1. The van der Waals surface area contributed by atoms with E-state index in [1.807, 2.05) is 37.3 Å². The van der Waals surface area contributed by atoms with Crippen molar-refractivity contribution in [1.82, 2.24) is 15.1 Å². The van der Waals surface area contributed by atoms with Crippen LogP contribution in [0.25, 0.3) is 0 Å². The fourth-order valence-electron chi connectivity index (χ4n) is 4.39. The Morgan fingerprint density at radius 1 is 1.19 bits per heavy atom. The summed E-state index contributed by atoms with van der Waals surface area (Å²) in [7, 11) is 0. The summed E-state index contributed by atoms with van der Waals surface area (Å²) in [6.45, 7) is 5.32. The second-order valence-corrected chi connectivity index (χ2v) is 8.22. The van der Waals surface area contributed by atoms with Gasteiger partial charge in [-0.3, -0.25) is 9.69 Å². The van der Waals surface area contributed by atoms with Crippen molar-refractivity contribution in [3.63, 3.8) is 0 Å². The third-order valence-electron chi connectivity index (χ3n) is 5.89. The van der Waals surface area contributed by atoms with Gasteiger partial charge in [-0.15, -0.1) is 11.3 Å². The van der Waals surface area contributed by atoms with Gasteiger partial charge in [0.2, 0.25) is 0 Å². The van der Waals surface area contributed by atoms with E-state index in [2.05, 4.69) is 28.6 Å². The second kappa shape index (κ2) is 7.09. The van der Waals surface area contributed by atoms with Gasteiger partial charge in [0, 0.05) is 17.5 Å². The Morgan fingerprint density at radius 3 is 2.67 bits per heavy atom. The van der Waals surface area contributed by atoms with Crippen LogP contribution < -0.4 is 5.32 Å². The maximum absolute atomic E-state index is 13.4. The molecule has 0 aliphatic carbocycles. The zero-order valence-electron chi connectivity index (χ0n) is 15.8. The number of imide groups is 1. The monoisotopic (exact) mass is 383 g/mol. The predicted molar refractivity (Wildman–Crippen MR) is 106 cm³/mol. The molecule has 142 valence electrons. The molecule has 2 aromatic rings. The minimum absolute atomic E-state index is 0.146. The smallest absolute Gasteiger partial charge is 0.319 e. The molecule has 0 unspecified atom stereocenters. The van der Waals surface area contributed by atoms with Crippen molar-refractivity contribution in [2.45, 2.75) is 44.7 Å². The summed E-state index contributed by atoms with van der Waals surface area (Å²) in [5.74, 6) is -0.146. The van der Waals surface area contributed by atoms with E-state index < -0.39 is 5.54 Å². The fraction of sp³-hybridized carbons (Fsp3) is 0.429. The topological polar surface area (TPSA) is 52.6 Å². The van der Waals surface area contributed by atoms with Crippen molar-refractivity contribution in [1.29, 1.82) is 0 Å². The van der Waals surface area contributed by atoms with Crippen LogP contribution in [0, 0.1) is 0 Å². The number of carbonyl (C=O) groups excluding carboxylic acids is 2. The number of rotatable bonds is 5. The van der Waals surface area contributed by atoms with Gasteiger partial charge in [-0.05, 0) is 41.8 Å². The molecule has 0 saturated carbocycles. The van der Waals surface area contributed by atoms with Crippen LogP contribution in [0.5, 0.6) is 0 Å². The molecule has 1 aromatic heterocycles. The van der Waals surface area contributed by atoms with Crippen molar-refractivity contribution in [2.24, 2.45) is 0 Å². The summed E-state index contributed by atoms with van der Waals surface area (Å²) in [6, 6.07) is 11.7. The van der Waals surface area contributed by atoms with Crippen molar-refractivity contribution in [2.75, 3.05) is 13.2 Å².